The van der Waals surface area contributed by atoms with Gasteiger partial charge in [0.2, 0.25) is 0 Å². The zero-order chi connectivity index (χ0) is 18.2. The van der Waals surface area contributed by atoms with Crippen LogP contribution in [0, 0.1) is 0 Å². The number of nitrogens with one attached hydrogen (secondary N) is 1. The van der Waals surface area contributed by atoms with E-state index in [0.29, 0.717) is 17.8 Å². The van der Waals surface area contributed by atoms with Gasteiger partial charge in [-0.3, -0.25) is 5.43 Å². The lowest BCUT2D eigenvalue weighted by Crippen LogP contribution is -2.31. The number of hydrogen-bond donors (Lipinski definition) is 3. The number of hydrazone groups is 1. The van der Waals surface area contributed by atoms with Crippen molar-refractivity contribution in [1.29, 1.82) is 0 Å². The van der Waals surface area contributed by atoms with Crippen LogP contribution in [0.1, 0.15) is 11.1 Å². The Kier molecular flexibility index (Phi) is 6.03. The van der Waals surface area contributed by atoms with Gasteiger partial charge in [-0.2, -0.15) is 5.10 Å². The molecule has 0 bridgehead atoms. The molecule has 0 fully saturated rings. The zero-order valence-corrected chi connectivity index (χ0v) is 14.1. The lowest BCUT2D eigenvalue weighted by atomic mass is 9.79. The van der Waals surface area contributed by atoms with E-state index in [4.69, 9.17) is 4.74 Å². The van der Waals surface area contributed by atoms with Crippen LogP contribution in [0.15, 0.2) is 84.0 Å². The van der Waals surface area contributed by atoms with Gasteiger partial charge in [0.25, 0.3) is 0 Å². The highest BCUT2D eigenvalue weighted by molar-refractivity contribution is 6.59. The van der Waals surface area contributed by atoms with E-state index in [1.165, 1.54) is 0 Å². The fourth-order valence-electron chi connectivity index (χ4n) is 2.41. The number of rotatable bonds is 7. The molecule has 0 aliphatic rings. The van der Waals surface area contributed by atoms with Gasteiger partial charge >= 0.3 is 7.12 Å². The summed E-state index contributed by atoms with van der Waals surface area (Å²) in [5.74, 6) is 0.428. The van der Waals surface area contributed by atoms with E-state index in [0.717, 1.165) is 16.8 Å². The molecule has 0 heterocycles. The molecule has 0 spiro atoms. The van der Waals surface area contributed by atoms with Gasteiger partial charge in [0.15, 0.2) is 0 Å². The van der Waals surface area contributed by atoms with E-state index in [1.807, 2.05) is 66.7 Å². The van der Waals surface area contributed by atoms with Gasteiger partial charge in [0.1, 0.15) is 12.4 Å². The normalized spacial score (nSPS) is 10.7. The third-order valence-corrected chi connectivity index (χ3v) is 3.73. The summed E-state index contributed by atoms with van der Waals surface area (Å²) in [6.07, 6.45) is 1.61. The van der Waals surface area contributed by atoms with Gasteiger partial charge in [-0.05, 0) is 41.5 Å². The molecule has 130 valence electrons. The molecule has 5 nitrogen and oxygen atoms in total. The fraction of sp³-hybridized carbons (Fsp3) is 0.0500. The molecule has 0 aromatic heterocycles. The number of benzene rings is 3. The van der Waals surface area contributed by atoms with Crippen LogP contribution in [0.4, 0.5) is 5.69 Å². The van der Waals surface area contributed by atoms with Crippen molar-refractivity contribution in [3.8, 4) is 5.75 Å². The second kappa shape index (κ2) is 8.85. The molecule has 0 saturated carbocycles. The van der Waals surface area contributed by atoms with Crippen molar-refractivity contribution >= 4 is 24.5 Å². The third kappa shape index (κ3) is 4.96. The Morgan fingerprint density at radius 2 is 1.62 bits per heavy atom. The van der Waals surface area contributed by atoms with Crippen LogP contribution in [0.25, 0.3) is 0 Å². The molecule has 6 heteroatoms. The molecule has 0 unspecified atom stereocenters. The molecule has 3 aromatic carbocycles. The Hall–Kier alpha value is -3.09. The molecule has 3 aromatic rings. The third-order valence-electron chi connectivity index (χ3n) is 3.73. The van der Waals surface area contributed by atoms with Gasteiger partial charge in [-0.1, -0.05) is 48.5 Å². The average molecular weight is 346 g/mol. The first-order valence-electron chi connectivity index (χ1n) is 8.23. The minimum atomic E-state index is -1.63. The second-order valence-corrected chi connectivity index (χ2v) is 5.68. The topological polar surface area (TPSA) is 74.1 Å². The second-order valence-electron chi connectivity index (χ2n) is 5.68. The van der Waals surface area contributed by atoms with Crippen molar-refractivity contribution in [3.05, 3.63) is 90.0 Å². The highest BCUT2D eigenvalue weighted by Gasteiger charge is 2.17. The monoisotopic (exact) mass is 346 g/mol. The Labute approximate surface area is 152 Å². The van der Waals surface area contributed by atoms with E-state index in [-0.39, 0.29) is 0 Å². The first-order valence-corrected chi connectivity index (χ1v) is 8.23. The fourth-order valence-corrected chi connectivity index (χ4v) is 2.41. The van der Waals surface area contributed by atoms with Crippen LogP contribution in [0.3, 0.4) is 0 Å². The quantitative estimate of drug-likeness (QED) is 0.349. The molecule has 0 aliphatic heterocycles. The number of hydrogen-bond acceptors (Lipinski definition) is 5. The molecule has 26 heavy (non-hydrogen) atoms. The van der Waals surface area contributed by atoms with Crippen molar-refractivity contribution in [2.24, 2.45) is 5.10 Å². The largest absolute Gasteiger partial charge is 0.492 e. The predicted octanol–water partition coefficient (Wildman–Crippen LogP) is 2.39. The standard InChI is InChI=1S/C20H19BN2O3/c24-21(25)19-13-17(14-22-23-18-9-5-2-6-10-18)11-12-20(19)26-15-16-7-3-1-4-8-16/h1-14,23-25H,15H2. The maximum Gasteiger partial charge on any atom is 0.492 e. The summed E-state index contributed by atoms with van der Waals surface area (Å²) in [7, 11) is -1.63. The van der Waals surface area contributed by atoms with Crippen molar-refractivity contribution in [3.63, 3.8) is 0 Å². The number of ether oxygens (including phenoxy) is 1. The Morgan fingerprint density at radius 1 is 0.923 bits per heavy atom. The zero-order valence-electron chi connectivity index (χ0n) is 14.1. The van der Waals surface area contributed by atoms with E-state index in [1.54, 1.807) is 18.3 Å². The highest BCUT2D eigenvalue weighted by atomic mass is 16.5. The van der Waals surface area contributed by atoms with Crippen molar-refractivity contribution in [2.75, 3.05) is 5.43 Å². The molecule has 0 atom stereocenters. The smallest absolute Gasteiger partial charge is 0.489 e. The van der Waals surface area contributed by atoms with Crippen LogP contribution in [-0.4, -0.2) is 23.4 Å². The van der Waals surface area contributed by atoms with Crippen LogP contribution in [0.5, 0.6) is 5.75 Å². The van der Waals surface area contributed by atoms with E-state index in [2.05, 4.69) is 10.5 Å². The number of anilines is 1. The predicted molar refractivity (Wildman–Crippen MR) is 105 cm³/mol. The number of nitrogens with zero attached hydrogens (tertiary/aromatic N) is 1. The van der Waals surface area contributed by atoms with Crippen molar-refractivity contribution in [2.45, 2.75) is 6.61 Å². The minimum absolute atomic E-state index is 0.296. The highest BCUT2D eigenvalue weighted by Crippen LogP contribution is 2.13. The minimum Gasteiger partial charge on any atom is -0.489 e. The van der Waals surface area contributed by atoms with Crippen molar-refractivity contribution in [1.82, 2.24) is 0 Å². The van der Waals surface area contributed by atoms with Gasteiger partial charge in [0, 0.05) is 5.46 Å². The number of para-hydroxylation sites is 1. The molecule has 3 rings (SSSR count). The maximum atomic E-state index is 9.65. The van der Waals surface area contributed by atoms with E-state index < -0.39 is 7.12 Å². The lowest BCUT2D eigenvalue weighted by Gasteiger charge is -2.12. The Bertz CT molecular complexity index is 855. The molecule has 3 N–H and O–H groups in total. The summed E-state index contributed by atoms with van der Waals surface area (Å²) in [5, 5.41) is 23.4. The van der Waals surface area contributed by atoms with Crippen LogP contribution < -0.4 is 15.6 Å². The maximum absolute atomic E-state index is 9.65. The van der Waals surface area contributed by atoms with E-state index >= 15 is 0 Å². The molecular formula is C20H19BN2O3. The van der Waals surface area contributed by atoms with Gasteiger partial charge in [-0.15, -0.1) is 0 Å². The van der Waals surface area contributed by atoms with Gasteiger partial charge in [0.05, 0.1) is 11.9 Å². The summed E-state index contributed by atoms with van der Waals surface area (Å²) >= 11 is 0. The first kappa shape index (κ1) is 17.7. The van der Waals surface area contributed by atoms with E-state index in [9.17, 15) is 10.0 Å². The first-order chi connectivity index (χ1) is 12.7. The molecule has 0 radical (unpaired) electrons. The van der Waals surface area contributed by atoms with Crippen molar-refractivity contribution < 1.29 is 14.8 Å². The lowest BCUT2D eigenvalue weighted by molar-refractivity contribution is 0.306. The summed E-state index contributed by atoms with van der Waals surface area (Å²) in [6, 6.07) is 24.4. The Morgan fingerprint density at radius 3 is 2.31 bits per heavy atom. The average Bonchev–Trinajstić information content (AvgIpc) is 2.68. The SMILES string of the molecule is OB(O)c1cc(C=NNc2ccccc2)ccc1OCc1ccccc1. The molecular weight excluding hydrogens is 327 g/mol. The van der Waals surface area contributed by atoms with Gasteiger partial charge < -0.3 is 14.8 Å². The summed E-state index contributed by atoms with van der Waals surface area (Å²) in [6.45, 7) is 0.351. The van der Waals surface area contributed by atoms with Gasteiger partial charge in [-0.25, -0.2) is 0 Å². The van der Waals surface area contributed by atoms with Crippen LogP contribution in [-0.2, 0) is 6.61 Å². The molecule has 0 saturated heterocycles. The summed E-state index contributed by atoms with van der Waals surface area (Å²) in [4.78, 5) is 0. The van der Waals surface area contributed by atoms with Crippen LogP contribution >= 0.6 is 0 Å². The molecule has 0 amide bonds. The van der Waals surface area contributed by atoms with Crippen LogP contribution in [0.2, 0.25) is 0 Å². The molecule has 0 aliphatic carbocycles. The summed E-state index contributed by atoms with van der Waals surface area (Å²) < 4.78 is 5.73. The summed E-state index contributed by atoms with van der Waals surface area (Å²) in [5.41, 5.74) is 5.81. The Balaban J connectivity index is 1.70.